The number of benzene rings is 7. The Balaban J connectivity index is 0.00000548. The molecule has 5 nitrogen and oxygen atoms in total. The zero-order valence-corrected chi connectivity index (χ0v) is 32.0. The Morgan fingerprint density at radius 3 is 2.11 bits per heavy atom. The van der Waals surface area contributed by atoms with Crippen molar-refractivity contribution >= 4 is 32.8 Å². The van der Waals surface area contributed by atoms with Crippen molar-refractivity contribution in [3.63, 3.8) is 0 Å². The molecule has 0 atom stereocenters. The van der Waals surface area contributed by atoms with Gasteiger partial charge in [-0.05, 0) is 63.5 Å². The molecule has 0 saturated carbocycles. The molecule has 0 saturated heterocycles. The van der Waals surface area contributed by atoms with E-state index in [-0.39, 0.29) is 49.0 Å². The third kappa shape index (κ3) is 6.20. The van der Waals surface area contributed by atoms with Gasteiger partial charge in [-0.2, -0.15) is 18.2 Å². The van der Waals surface area contributed by atoms with Gasteiger partial charge in [0.15, 0.2) is 0 Å². The maximum Gasteiger partial charge on any atom is 0.268 e. The Labute approximate surface area is 354 Å². The summed E-state index contributed by atoms with van der Waals surface area (Å²) in [6.07, 6.45) is 6.06. The monoisotopic (exact) mass is 911 g/mol. The van der Waals surface area contributed by atoms with Crippen molar-refractivity contribution in [1.82, 2.24) is 14.1 Å². The molecule has 0 fully saturated rings. The normalized spacial score (nSPS) is 13.7. The van der Waals surface area contributed by atoms with Gasteiger partial charge >= 0.3 is 0 Å². The van der Waals surface area contributed by atoms with Crippen LogP contribution in [-0.2, 0) is 27.5 Å². The van der Waals surface area contributed by atoms with E-state index in [1.165, 1.54) is 0 Å². The Bertz CT molecular complexity index is 3460. The summed E-state index contributed by atoms with van der Waals surface area (Å²) in [6.45, 7) is 2.10. The van der Waals surface area contributed by atoms with Crippen LogP contribution in [0.4, 0.5) is 0 Å². The smallest absolute Gasteiger partial charge is 0.268 e. The van der Waals surface area contributed by atoms with Gasteiger partial charge in [-0.15, -0.1) is 29.7 Å². The second kappa shape index (κ2) is 14.9. The fourth-order valence-electron chi connectivity index (χ4n) is 7.08. The summed E-state index contributed by atoms with van der Waals surface area (Å²) in [5, 5.41) is 2.04. The molecule has 3 aromatic heterocycles. The van der Waals surface area contributed by atoms with Crippen LogP contribution < -0.4 is 9.30 Å². The molecule has 0 unspecified atom stereocenters. The van der Waals surface area contributed by atoms with Crippen LogP contribution >= 0.6 is 0 Å². The van der Waals surface area contributed by atoms with Gasteiger partial charge in [0, 0.05) is 44.3 Å². The Morgan fingerprint density at radius 1 is 0.679 bits per heavy atom. The minimum absolute atomic E-state index is 0. The summed E-state index contributed by atoms with van der Waals surface area (Å²) in [5.41, 5.74) is 4.77. The number of imidazole rings is 1. The maximum absolute atomic E-state index is 8.97. The molecule has 0 aliphatic heterocycles. The molecule has 0 N–H and O–H groups in total. The van der Waals surface area contributed by atoms with Gasteiger partial charge in [-0.25, -0.2) is 4.98 Å². The summed E-state index contributed by atoms with van der Waals surface area (Å²) in [4.78, 5) is 4.72. The van der Waals surface area contributed by atoms with Gasteiger partial charge in [-0.3, -0.25) is 4.57 Å². The van der Waals surface area contributed by atoms with E-state index in [0.29, 0.717) is 28.2 Å². The van der Waals surface area contributed by atoms with Crippen molar-refractivity contribution in [2.24, 2.45) is 0 Å². The largest absolute Gasteiger partial charge is 0.510 e. The van der Waals surface area contributed by atoms with E-state index in [1.54, 1.807) is 39.5 Å². The zero-order valence-electron chi connectivity index (χ0n) is 39.7. The number of nitrogens with zero attached hydrogens (tertiary/aromatic N) is 4. The maximum atomic E-state index is 8.97. The first-order valence-corrected chi connectivity index (χ1v) is 17.7. The molecule has 0 aliphatic carbocycles. The molecular formula is C50H34N4OPt-2. The Kier molecular flexibility index (Phi) is 6.81. The molecule has 7 aromatic carbocycles. The van der Waals surface area contributed by atoms with E-state index < -0.39 is 60.4 Å². The molecule has 56 heavy (non-hydrogen) atoms. The second-order valence-electron chi connectivity index (χ2n) is 12.8. The van der Waals surface area contributed by atoms with Crippen LogP contribution in [0.3, 0.4) is 0 Å². The van der Waals surface area contributed by atoms with E-state index in [0.717, 1.165) is 39.6 Å². The molecule has 6 heteroatoms. The van der Waals surface area contributed by atoms with Gasteiger partial charge in [0.1, 0.15) is 5.82 Å². The number of ether oxygens (including phenoxy) is 1. The zero-order chi connectivity index (χ0) is 45.4. The third-order valence-corrected chi connectivity index (χ3v) is 9.58. The van der Waals surface area contributed by atoms with Crippen LogP contribution in [0.2, 0.25) is 0 Å². The van der Waals surface area contributed by atoms with Crippen LogP contribution in [0.25, 0.3) is 72.3 Å². The fourth-order valence-corrected chi connectivity index (χ4v) is 7.08. The minimum atomic E-state index is -0.570. The van der Waals surface area contributed by atoms with Crippen LogP contribution in [0, 0.1) is 18.5 Å². The number of rotatable bonds is 8. The standard InChI is InChI=1S/C50H34N4O.Pt/c1-2-35-29-30-51-49(31-35)54-45-24-10-9-21-43(45)44-28-27-40(33-48(44)54)55-39-20-13-19-38(32-39)52-34-53(47-26-12-11-25-46(47)52)50-41(36-15-5-3-6-16-36)22-14-23-42(50)37-17-7-4-8-18-37;/h3-31H,2H2,1H3;/q-2;/i3D,4D,5D,6D,7D,8D,15D,16D,17D,18D;. The molecule has 3 heterocycles. The van der Waals surface area contributed by atoms with E-state index in [4.69, 9.17) is 23.4 Å². The van der Waals surface area contributed by atoms with Crippen LogP contribution in [0.15, 0.2) is 176 Å². The van der Waals surface area contributed by atoms with Crippen LogP contribution in [0.5, 0.6) is 11.5 Å². The van der Waals surface area contributed by atoms with E-state index in [1.807, 2.05) is 66.9 Å². The SMILES string of the molecule is [2H]c1c([2H])c([2H])c(-c2cccc(-c3c([2H])c([2H])c([2H])c([2H])c3[2H])c2-[n+]2[c-]n(-c3[c-]c(Oc4[c-]c5c(cc4)c4ccccc4n5-c4cc(CC)ccn4)ccc3)c3ccccc32)c([2H])c1[2H].[Pt]. The number of aryl methyl sites for hydroxylation is 1. The average molecular weight is 912 g/mol. The van der Waals surface area contributed by atoms with E-state index in [9.17, 15) is 0 Å². The van der Waals surface area contributed by atoms with Gasteiger partial charge in [0.25, 0.3) is 6.33 Å². The van der Waals surface area contributed by atoms with Gasteiger partial charge in [0.05, 0.1) is 30.4 Å². The first-order valence-electron chi connectivity index (χ1n) is 22.7. The van der Waals surface area contributed by atoms with Gasteiger partial charge in [-0.1, -0.05) is 134 Å². The average Bonchev–Trinajstić information content (AvgIpc) is 3.87. The first-order chi connectivity index (χ1) is 31.4. The second-order valence-corrected chi connectivity index (χ2v) is 12.8. The molecule has 0 bridgehead atoms. The quantitative estimate of drug-likeness (QED) is 0.112. The third-order valence-electron chi connectivity index (χ3n) is 9.58. The number of aromatic nitrogens is 4. The minimum Gasteiger partial charge on any atom is -0.510 e. The van der Waals surface area contributed by atoms with Crippen molar-refractivity contribution in [3.05, 3.63) is 200 Å². The summed E-state index contributed by atoms with van der Waals surface area (Å²) >= 11 is 0. The number of hydrogen-bond acceptors (Lipinski definition) is 2. The molecule has 0 spiro atoms. The van der Waals surface area contributed by atoms with Crippen molar-refractivity contribution in [3.8, 4) is 50.9 Å². The molecule has 0 amide bonds. The molecular weight excluding hydrogens is 868 g/mol. The van der Waals surface area contributed by atoms with Gasteiger partial charge < -0.3 is 13.9 Å². The summed E-state index contributed by atoms with van der Waals surface area (Å²) in [7, 11) is 0. The Morgan fingerprint density at radius 2 is 1.36 bits per heavy atom. The number of hydrogen-bond donors (Lipinski definition) is 0. The summed E-state index contributed by atoms with van der Waals surface area (Å²) in [5.74, 6) is 1.57. The van der Waals surface area contributed by atoms with E-state index in [2.05, 4.69) is 48.1 Å². The predicted octanol–water partition coefficient (Wildman–Crippen LogP) is 11.5. The van der Waals surface area contributed by atoms with E-state index >= 15 is 0 Å². The van der Waals surface area contributed by atoms with Crippen LogP contribution in [-0.4, -0.2) is 14.1 Å². The molecule has 10 aromatic rings. The topological polar surface area (TPSA) is 35.9 Å². The molecule has 10 rings (SSSR count). The van der Waals surface area contributed by atoms with Crippen molar-refractivity contribution < 1.29 is 44.1 Å². The van der Waals surface area contributed by atoms with Gasteiger partial charge in [0.2, 0.25) is 0 Å². The predicted molar refractivity (Wildman–Crippen MR) is 220 cm³/mol. The van der Waals surface area contributed by atoms with Crippen molar-refractivity contribution in [2.45, 2.75) is 13.3 Å². The molecule has 272 valence electrons. The number of pyridine rings is 1. The molecule has 0 aliphatic rings. The van der Waals surface area contributed by atoms with Crippen molar-refractivity contribution in [1.29, 1.82) is 0 Å². The fraction of sp³-hybridized carbons (Fsp3) is 0.0400. The van der Waals surface area contributed by atoms with Crippen molar-refractivity contribution in [2.75, 3.05) is 0 Å². The number of para-hydroxylation sites is 4. The summed E-state index contributed by atoms with van der Waals surface area (Å²) < 4.78 is 98.5. The number of fused-ring (bicyclic) bond motifs is 4. The van der Waals surface area contributed by atoms with Crippen LogP contribution in [0.1, 0.15) is 26.2 Å². The summed E-state index contributed by atoms with van der Waals surface area (Å²) in [6, 6.07) is 35.1. The first kappa shape index (κ1) is 25.5. The Hall–Kier alpha value is -6.55. The molecule has 0 radical (unpaired) electrons.